The van der Waals surface area contributed by atoms with Gasteiger partial charge < -0.3 is 5.32 Å². The molecule has 5 rings (SSSR count). The molecule has 0 aromatic carbocycles. The highest BCUT2D eigenvalue weighted by molar-refractivity contribution is 7.89. The standard InChI is InChI=1S/C19H25F3N4O2S/c1-12-3-15(19(20,21)22)24-13(2)16(12)29(27,28)26-10-18(11-26)8-25(9-18)14-4-17(5-14)6-23-7-17/h3,14,23H,4-11H2,1-2H3. The molecular weight excluding hydrogens is 405 g/mol. The molecule has 3 aliphatic heterocycles. The lowest BCUT2D eigenvalue weighted by Gasteiger charge is -2.66. The van der Waals surface area contributed by atoms with Crippen LogP contribution in [0.5, 0.6) is 0 Å². The van der Waals surface area contributed by atoms with Crippen LogP contribution < -0.4 is 5.32 Å². The third-order valence-corrected chi connectivity index (χ3v) is 9.24. The van der Waals surface area contributed by atoms with Crippen molar-refractivity contribution in [3.63, 3.8) is 0 Å². The molecule has 0 radical (unpaired) electrons. The molecule has 3 saturated heterocycles. The molecule has 1 saturated carbocycles. The molecule has 1 aromatic rings. The summed E-state index contributed by atoms with van der Waals surface area (Å²) >= 11 is 0. The summed E-state index contributed by atoms with van der Waals surface area (Å²) in [6.45, 7) is 7.67. The van der Waals surface area contributed by atoms with Gasteiger partial charge in [-0.2, -0.15) is 17.5 Å². The maximum atomic E-state index is 13.0. The van der Waals surface area contributed by atoms with E-state index in [-0.39, 0.29) is 21.6 Å². The lowest BCUT2D eigenvalue weighted by atomic mass is 9.59. The summed E-state index contributed by atoms with van der Waals surface area (Å²) in [6.07, 6.45) is -2.13. The molecule has 4 aliphatic rings. The molecule has 6 nitrogen and oxygen atoms in total. The van der Waals surface area contributed by atoms with Gasteiger partial charge in [-0.05, 0) is 43.7 Å². The van der Waals surface area contributed by atoms with Crippen LogP contribution in [0.3, 0.4) is 0 Å². The van der Waals surface area contributed by atoms with E-state index in [0.717, 1.165) is 32.2 Å². The van der Waals surface area contributed by atoms with Gasteiger partial charge in [0.15, 0.2) is 0 Å². The number of hydrogen-bond donors (Lipinski definition) is 1. The lowest BCUT2D eigenvalue weighted by molar-refractivity contribution is -0.146. The van der Waals surface area contributed by atoms with Gasteiger partial charge in [0, 0.05) is 50.7 Å². The van der Waals surface area contributed by atoms with Crippen molar-refractivity contribution in [2.24, 2.45) is 10.8 Å². The first-order valence-corrected chi connectivity index (χ1v) is 11.4. The predicted octanol–water partition coefficient (Wildman–Crippen LogP) is 1.78. The molecule has 4 heterocycles. The van der Waals surface area contributed by atoms with Gasteiger partial charge in [0.1, 0.15) is 10.6 Å². The van der Waals surface area contributed by atoms with E-state index in [4.69, 9.17) is 0 Å². The molecular formula is C19H25F3N4O2S. The number of nitrogens with zero attached hydrogens (tertiary/aromatic N) is 3. The molecule has 0 bridgehead atoms. The summed E-state index contributed by atoms with van der Waals surface area (Å²) in [5.41, 5.74) is -0.527. The van der Waals surface area contributed by atoms with Gasteiger partial charge in [-0.3, -0.25) is 4.90 Å². The molecule has 4 fully saturated rings. The first kappa shape index (κ1) is 19.7. The second kappa shape index (κ2) is 5.93. The molecule has 1 aromatic heterocycles. The van der Waals surface area contributed by atoms with Gasteiger partial charge in [-0.1, -0.05) is 0 Å². The second-order valence-corrected chi connectivity index (χ2v) is 11.5. The predicted molar refractivity (Wildman–Crippen MR) is 99.8 cm³/mol. The van der Waals surface area contributed by atoms with Crippen molar-refractivity contribution in [2.45, 2.75) is 43.8 Å². The number of aryl methyl sites for hydroxylation is 2. The molecule has 2 spiro atoms. The minimum atomic E-state index is -4.59. The van der Waals surface area contributed by atoms with Crippen LogP contribution in [0.1, 0.15) is 29.8 Å². The van der Waals surface area contributed by atoms with Crippen molar-refractivity contribution < 1.29 is 21.6 Å². The maximum absolute atomic E-state index is 13.0. The van der Waals surface area contributed by atoms with Crippen LogP contribution in [0.15, 0.2) is 11.0 Å². The number of pyridine rings is 1. The Balaban J connectivity index is 1.24. The van der Waals surface area contributed by atoms with Gasteiger partial charge >= 0.3 is 6.18 Å². The van der Waals surface area contributed by atoms with Gasteiger partial charge in [-0.25, -0.2) is 13.4 Å². The third-order valence-electron chi connectivity index (χ3n) is 7.17. The fourth-order valence-corrected chi connectivity index (χ4v) is 7.63. The average molecular weight is 430 g/mol. The number of aromatic nitrogens is 1. The molecule has 10 heteroatoms. The Kier molecular flexibility index (Phi) is 4.03. The minimum absolute atomic E-state index is 0.00877. The van der Waals surface area contributed by atoms with E-state index < -0.39 is 21.9 Å². The molecule has 29 heavy (non-hydrogen) atoms. The van der Waals surface area contributed by atoms with Crippen LogP contribution in [0, 0.1) is 24.7 Å². The van der Waals surface area contributed by atoms with Crippen LogP contribution in [0.4, 0.5) is 13.2 Å². The van der Waals surface area contributed by atoms with Crippen LogP contribution in [0.2, 0.25) is 0 Å². The lowest BCUT2D eigenvalue weighted by Crippen LogP contribution is -2.77. The van der Waals surface area contributed by atoms with Crippen molar-refractivity contribution >= 4 is 10.0 Å². The Bertz CT molecular complexity index is 929. The van der Waals surface area contributed by atoms with E-state index in [1.165, 1.54) is 31.0 Å². The van der Waals surface area contributed by atoms with Crippen molar-refractivity contribution in [3.05, 3.63) is 23.0 Å². The Morgan fingerprint density at radius 3 is 2.21 bits per heavy atom. The number of sulfonamides is 1. The average Bonchev–Trinajstić information content (AvgIpc) is 2.41. The quantitative estimate of drug-likeness (QED) is 0.792. The third kappa shape index (κ3) is 2.94. The normalized spacial score (nSPS) is 26.7. The molecule has 0 atom stereocenters. The smallest absolute Gasteiger partial charge is 0.316 e. The number of hydrogen-bond acceptors (Lipinski definition) is 5. The summed E-state index contributed by atoms with van der Waals surface area (Å²) in [4.78, 5) is 5.89. The van der Waals surface area contributed by atoms with Crippen LogP contribution in [0.25, 0.3) is 0 Å². The second-order valence-electron chi connectivity index (χ2n) is 9.58. The summed E-state index contributed by atoms with van der Waals surface area (Å²) < 4.78 is 66.3. The van der Waals surface area contributed by atoms with E-state index in [2.05, 4.69) is 15.2 Å². The topological polar surface area (TPSA) is 65.5 Å². The Morgan fingerprint density at radius 1 is 1.10 bits per heavy atom. The summed E-state index contributed by atoms with van der Waals surface area (Å²) in [7, 11) is -3.84. The fourth-order valence-electron chi connectivity index (χ4n) is 5.59. The number of halogens is 3. The van der Waals surface area contributed by atoms with Crippen molar-refractivity contribution in [1.29, 1.82) is 0 Å². The Hall–Kier alpha value is -1.23. The van der Waals surface area contributed by atoms with Gasteiger partial charge in [0.25, 0.3) is 0 Å². The van der Waals surface area contributed by atoms with Crippen LogP contribution >= 0.6 is 0 Å². The number of nitrogens with one attached hydrogen (secondary N) is 1. The van der Waals surface area contributed by atoms with E-state index >= 15 is 0 Å². The fraction of sp³-hybridized carbons (Fsp3) is 0.737. The SMILES string of the molecule is Cc1cc(C(F)(F)F)nc(C)c1S(=O)(=O)N1CC2(CN(C3CC4(CNC4)C3)C2)C1. The highest BCUT2D eigenvalue weighted by Gasteiger charge is 2.60. The van der Waals surface area contributed by atoms with Crippen LogP contribution in [-0.2, 0) is 16.2 Å². The zero-order valence-corrected chi connectivity index (χ0v) is 17.3. The monoisotopic (exact) mass is 430 g/mol. The van der Waals surface area contributed by atoms with E-state index in [1.807, 2.05) is 0 Å². The van der Waals surface area contributed by atoms with E-state index in [1.54, 1.807) is 0 Å². The van der Waals surface area contributed by atoms with Gasteiger partial charge in [0.2, 0.25) is 10.0 Å². The molecule has 1 N–H and O–H groups in total. The molecule has 160 valence electrons. The van der Waals surface area contributed by atoms with Crippen molar-refractivity contribution in [3.8, 4) is 0 Å². The van der Waals surface area contributed by atoms with Crippen LogP contribution in [-0.4, -0.2) is 67.9 Å². The first-order valence-electron chi connectivity index (χ1n) is 9.94. The number of likely N-dealkylation sites (tertiary alicyclic amines) is 1. The number of alkyl halides is 3. The maximum Gasteiger partial charge on any atom is 0.433 e. The molecule has 0 amide bonds. The largest absolute Gasteiger partial charge is 0.433 e. The Morgan fingerprint density at radius 2 is 1.72 bits per heavy atom. The molecule has 1 aliphatic carbocycles. The van der Waals surface area contributed by atoms with Crippen molar-refractivity contribution in [2.75, 3.05) is 39.3 Å². The summed E-state index contributed by atoms with van der Waals surface area (Å²) in [6, 6.07) is 1.44. The molecule has 0 unspecified atom stereocenters. The highest BCUT2D eigenvalue weighted by Crippen LogP contribution is 2.52. The zero-order chi connectivity index (χ0) is 20.8. The minimum Gasteiger partial charge on any atom is -0.316 e. The Labute approximate surface area is 168 Å². The van der Waals surface area contributed by atoms with E-state index in [0.29, 0.717) is 24.5 Å². The zero-order valence-electron chi connectivity index (χ0n) is 16.5. The summed E-state index contributed by atoms with van der Waals surface area (Å²) in [5, 5.41) is 3.34. The van der Waals surface area contributed by atoms with Gasteiger partial charge in [0.05, 0.1) is 5.69 Å². The first-order chi connectivity index (χ1) is 13.4. The number of rotatable bonds is 3. The highest BCUT2D eigenvalue weighted by atomic mass is 32.2. The summed E-state index contributed by atoms with van der Waals surface area (Å²) in [5.74, 6) is 0. The van der Waals surface area contributed by atoms with Gasteiger partial charge in [-0.15, -0.1) is 0 Å². The van der Waals surface area contributed by atoms with E-state index in [9.17, 15) is 21.6 Å². The van der Waals surface area contributed by atoms with Crippen molar-refractivity contribution in [1.82, 2.24) is 19.5 Å².